The van der Waals surface area contributed by atoms with Crippen LogP contribution in [0, 0.1) is 0 Å². The minimum atomic E-state index is -3.58. The maximum atomic E-state index is 12.9. The molecule has 1 aliphatic rings. The highest BCUT2D eigenvalue weighted by atomic mass is 32.2. The second kappa shape index (κ2) is 9.17. The Morgan fingerprint density at radius 1 is 1.19 bits per heavy atom. The Hall–Kier alpha value is -2.49. The van der Waals surface area contributed by atoms with E-state index in [0.29, 0.717) is 16.9 Å². The van der Waals surface area contributed by atoms with Crippen LogP contribution in [-0.4, -0.2) is 43.4 Å². The predicted molar refractivity (Wildman–Crippen MR) is 126 cm³/mol. The van der Waals surface area contributed by atoms with Gasteiger partial charge in [0.15, 0.2) is 4.80 Å². The largest absolute Gasteiger partial charge is 0.495 e. The molecule has 170 valence electrons. The molecular weight excluding hydrogens is 446 g/mol. The third-order valence-electron chi connectivity index (χ3n) is 6.01. The number of hydrogen-bond acceptors (Lipinski definition) is 5. The molecule has 0 radical (unpaired) electrons. The number of methoxy groups -OCH3 is 1. The second-order valence-corrected chi connectivity index (χ2v) is 10.8. The van der Waals surface area contributed by atoms with E-state index in [1.165, 1.54) is 39.9 Å². The van der Waals surface area contributed by atoms with Gasteiger partial charge in [-0.1, -0.05) is 30.2 Å². The van der Waals surface area contributed by atoms with Gasteiger partial charge in [0.25, 0.3) is 5.91 Å². The summed E-state index contributed by atoms with van der Waals surface area (Å²) >= 11 is 1.42. The molecule has 0 saturated heterocycles. The molecule has 7 nitrogen and oxygen atoms in total. The summed E-state index contributed by atoms with van der Waals surface area (Å²) in [6, 6.07) is 11.9. The van der Waals surface area contributed by atoms with Crippen LogP contribution in [0.4, 0.5) is 0 Å². The lowest BCUT2D eigenvalue weighted by Gasteiger charge is -2.23. The minimum Gasteiger partial charge on any atom is -0.495 e. The Morgan fingerprint density at radius 2 is 1.88 bits per heavy atom. The van der Waals surface area contributed by atoms with Gasteiger partial charge in [0, 0.05) is 25.2 Å². The van der Waals surface area contributed by atoms with E-state index in [2.05, 4.69) is 4.99 Å². The van der Waals surface area contributed by atoms with Crippen molar-refractivity contribution >= 4 is 37.5 Å². The van der Waals surface area contributed by atoms with Crippen molar-refractivity contribution in [2.24, 2.45) is 4.99 Å². The molecule has 1 saturated carbocycles. The summed E-state index contributed by atoms with van der Waals surface area (Å²) in [5, 5.41) is 0. The lowest BCUT2D eigenvalue weighted by atomic mass is 10.2. The minimum absolute atomic E-state index is 0.0470. The summed E-state index contributed by atoms with van der Waals surface area (Å²) in [4.78, 5) is 18.0. The molecule has 0 N–H and O–H groups in total. The first kappa shape index (κ1) is 22.7. The van der Waals surface area contributed by atoms with E-state index in [-0.39, 0.29) is 10.9 Å². The number of thiazole rings is 1. The highest BCUT2D eigenvalue weighted by Crippen LogP contribution is 2.28. The van der Waals surface area contributed by atoms with Gasteiger partial charge in [-0.25, -0.2) is 8.42 Å². The van der Waals surface area contributed by atoms with E-state index in [0.717, 1.165) is 41.6 Å². The van der Waals surface area contributed by atoms with Crippen LogP contribution in [0.2, 0.25) is 0 Å². The van der Waals surface area contributed by atoms with Crippen LogP contribution in [0.1, 0.15) is 43.0 Å². The molecular formula is C23H27N3O4S2. The molecule has 0 unspecified atom stereocenters. The molecule has 3 aromatic rings. The highest BCUT2D eigenvalue weighted by Gasteiger charge is 2.30. The van der Waals surface area contributed by atoms with E-state index >= 15 is 0 Å². The third-order valence-corrected chi connectivity index (χ3v) is 8.98. The van der Waals surface area contributed by atoms with Crippen LogP contribution < -0.4 is 9.54 Å². The summed E-state index contributed by atoms with van der Waals surface area (Å²) in [6.45, 7) is 2.62. The first-order valence-electron chi connectivity index (χ1n) is 10.7. The summed E-state index contributed by atoms with van der Waals surface area (Å²) in [7, 11) is -0.327. The Bertz CT molecular complexity index is 1300. The zero-order valence-corrected chi connectivity index (χ0v) is 20.1. The van der Waals surface area contributed by atoms with E-state index in [1.807, 2.05) is 29.7 Å². The van der Waals surface area contributed by atoms with Crippen LogP contribution in [-0.2, 0) is 16.6 Å². The second-order valence-electron chi connectivity index (χ2n) is 7.84. The fourth-order valence-corrected chi connectivity index (χ4v) is 6.72. The van der Waals surface area contributed by atoms with Crippen molar-refractivity contribution in [3.63, 3.8) is 0 Å². The van der Waals surface area contributed by atoms with Gasteiger partial charge in [0.05, 0.1) is 16.7 Å². The number of benzene rings is 2. The van der Waals surface area contributed by atoms with Crippen molar-refractivity contribution in [1.82, 2.24) is 8.87 Å². The number of para-hydroxylation sites is 1. The number of aromatic nitrogens is 1. The molecule has 1 fully saturated rings. The van der Waals surface area contributed by atoms with Crippen molar-refractivity contribution in [1.29, 1.82) is 0 Å². The van der Waals surface area contributed by atoms with E-state index in [9.17, 15) is 13.2 Å². The number of aryl methyl sites for hydroxylation is 1. The third kappa shape index (κ3) is 4.12. The first-order chi connectivity index (χ1) is 15.4. The monoisotopic (exact) mass is 473 g/mol. The molecule has 1 aromatic heterocycles. The van der Waals surface area contributed by atoms with Crippen LogP contribution in [0.25, 0.3) is 10.2 Å². The van der Waals surface area contributed by atoms with Crippen molar-refractivity contribution in [3.05, 3.63) is 52.8 Å². The standard InChI is InChI=1S/C23H27N3O4S2/c1-4-26-21-19(30-3)10-7-11-20(21)31-23(26)24-22(27)16-12-14-18(15-13-16)32(28,29)25(2)17-8-5-6-9-17/h7,10-15,17H,4-6,8-9H2,1-3H3. The lowest BCUT2D eigenvalue weighted by molar-refractivity contribution is 0.0997. The summed E-state index contributed by atoms with van der Waals surface area (Å²) in [6.07, 6.45) is 3.90. The zero-order chi connectivity index (χ0) is 22.9. The Labute approximate surface area is 192 Å². The molecule has 0 aliphatic heterocycles. The van der Waals surface area contributed by atoms with Gasteiger partial charge in [-0.05, 0) is 56.2 Å². The summed E-state index contributed by atoms with van der Waals surface area (Å²) in [5.41, 5.74) is 1.25. The van der Waals surface area contributed by atoms with Crippen molar-refractivity contribution in [2.45, 2.75) is 50.1 Å². The van der Waals surface area contributed by atoms with Gasteiger partial charge in [-0.3, -0.25) is 4.79 Å². The summed E-state index contributed by atoms with van der Waals surface area (Å²) in [5.74, 6) is 0.321. The number of carbonyl (C=O) groups is 1. The summed E-state index contributed by atoms with van der Waals surface area (Å²) < 4.78 is 35.7. The molecule has 0 spiro atoms. The molecule has 4 rings (SSSR count). The molecule has 1 amide bonds. The Balaban J connectivity index is 1.64. The normalized spacial score (nSPS) is 15.7. The maximum Gasteiger partial charge on any atom is 0.279 e. The highest BCUT2D eigenvalue weighted by molar-refractivity contribution is 7.89. The smallest absolute Gasteiger partial charge is 0.279 e. The number of amides is 1. The number of rotatable bonds is 6. The van der Waals surface area contributed by atoms with E-state index in [1.54, 1.807) is 14.2 Å². The predicted octanol–water partition coefficient (Wildman–Crippen LogP) is 4.04. The van der Waals surface area contributed by atoms with Gasteiger partial charge >= 0.3 is 0 Å². The van der Waals surface area contributed by atoms with E-state index < -0.39 is 15.9 Å². The fraction of sp³-hybridized carbons (Fsp3) is 0.391. The van der Waals surface area contributed by atoms with Crippen LogP contribution in [0.5, 0.6) is 5.75 Å². The molecule has 1 aliphatic carbocycles. The van der Waals surface area contributed by atoms with E-state index in [4.69, 9.17) is 4.74 Å². The van der Waals surface area contributed by atoms with Crippen LogP contribution >= 0.6 is 11.3 Å². The Kier molecular flexibility index (Phi) is 6.50. The number of sulfonamides is 1. The van der Waals surface area contributed by atoms with Crippen molar-refractivity contribution < 1.29 is 17.9 Å². The number of fused-ring (bicyclic) bond motifs is 1. The molecule has 0 bridgehead atoms. The lowest BCUT2D eigenvalue weighted by Crippen LogP contribution is -2.35. The fourth-order valence-electron chi connectivity index (χ4n) is 4.19. The molecule has 32 heavy (non-hydrogen) atoms. The topological polar surface area (TPSA) is 81.0 Å². The number of nitrogens with zero attached hydrogens (tertiary/aromatic N) is 3. The number of carbonyl (C=O) groups excluding carboxylic acids is 1. The average Bonchev–Trinajstić information content (AvgIpc) is 3.46. The number of ether oxygens (including phenoxy) is 1. The zero-order valence-electron chi connectivity index (χ0n) is 18.4. The molecule has 2 aromatic carbocycles. The van der Waals surface area contributed by atoms with Gasteiger partial charge < -0.3 is 9.30 Å². The molecule has 0 atom stereocenters. The molecule has 1 heterocycles. The quantitative estimate of drug-likeness (QED) is 0.541. The van der Waals surface area contributed by atoms with Crippen molar-refractivity contribution in [3.8, 4) is 5.75 Å². The van der Waals surface area contributed by atoms with Crippen LogP contribution in [0.15, 0.2) is 52.4 Å². The van der Waals surface area contributed by atoms with Crippen molar-refractivity contribution in [2.75, 3.05) is 14.2 Å². The van der Waals surface area contributed by atoms with Crippen LogP contribution in [0.3, 0.4) is 0 Å². The molecule has 9 heteroatoms. The van der Waals surface area contributed by atoms with Gasteiger partial charge in [0.2, 0.25) is 10.0 Å². The van der Waals surface area contributed by atoms with Gasteiger partial charge in [-0.15, -0.1) is 0 Å². The van der Waals surface area contributed by atoms with Gasteiger partial charge in [0.1, 0.15) is 11.3 Å². The maximum absolute atomic E-state index is 12.9. The number of hydrogen-bond donors (Lipinski definition) is 0. The Morgan fingerprint density at radius 3 is 2.50 bits per heavy atom. The first-order valence-corrected chi connectivity index (χ1v) is 13.0. The average molecular weight is 474 g/mol. The van der Waals surface area contributed by atoms with Gasteiger partial charge in [-0.2, -0.15) is 9.30 Å². The SMILES string of the molecule is CCn1c(=NC(=O)c2ccc(S(=O)(=O)N(C)C3CCCC3)cc2)sc2cccc(OC)c21.